The van der Waals surface area contributed by atoms with E-state index in [1.54, 1.807) is 18.5 Å². The minimum atomic E-state index is -0.282. The fraction of sp³-hybridized carbons (Fsp3) is 0.318. The van der Waals surface area contributed by atoms with Gasteiger partial charge in [-0.1, -0.05) is 18.2 Å². The molecular formula is C22H23BrN4O2. The number of amides is 1. The number of nitrogens with one attached hydrogen (secondary N) is 2. The number of pyridine rings is 1. The monoisotopic (exact) mass is 454 g/mol. The molecule has 0 aliphatic carbocycles. The zero-order valence-corrected chi connectivity index (χ0v) is 17.8. The first kappa shape index (κ1) is 19.8. The van der Waals surface area contributed by atoms with Crippen molar-refractivity contribution in [3.8, 4) is 0 Å². The zero-order chi connectivity index (χ0) is 20.4. The average Bonchev–Trinajstić information content (AvgIpc) is 3.18. The number of para-hydroxylation sites is 1. The molecule has 2 atom stereocenters. The number of H-pyrrole nitrogens is 1. The number of hydrogen-bond acceptors (Lipinski definition) is 4. The number of likely N-dealkylation sites (tertiary alicyclic amines) is 1. The van der Waals surface area contributed by atoms with Crippen LogP contribution in [0.1, 0.15) is 30.1 Å². The molecule has 1 aromatic carbocycles. The Hall–Kier alpha value is -2.51. The third-order valence-electron chi connectivity index (χ3n) is 5.58. The summed E-state index contributed by atoms with van der Waals surface area (Å²) in [6.45, 7) is 3.31. The summed E-state index contributed by atoms with van der Waals surface area (Å²) in [5.41, 5.74) is 1.67. The van der Waals surface area contributed by atoms with E-state index in [9.17, 15) is 9.59 Å². The fourth-order valence-electron chi connectivity index (χ4n) is 3.92. The first-order valence-corrected chi connectivity index (χ1v) is 10.6. The van der Waals surface area contributed by atoms with E-state index >= 15 is 0 Å². The van der Waals surface area contributed by atoms with Crippen molar-refractivity contribution >= 4 is 44.3 Å². The summed E-state index contributed by atoms with van der Waals surface area (Å²) in [5, 5.41) is 3.83. The van der Waals surface area contributed by atoms with Crippen LogP contribution in [0.4, 0.5) is 5.82 Å². The van der Waals surface area contributed by atoms with Gasteiger partial charge in [-0.05, 0) is 60.4 Å². The summed E-state index contributed by atoms with van der Waals surface area (Å²) < 4.78 is 0.865. The van der Waals surface area contributed by atoms with Crippen LogP contribution in [0.2, 0.25) is 0 Å². The molecule has 29 heavy (non-hydrogen) atoms. The number of carbonyl (C=O) groups is 2. The van der Waals surface area contributed by atoms with Crippen molar-refractivity contribution in [3.63, 3.8) is 0 Å². The lowest BCUT2D eigenvalue weighted by Crippen LogP contribution is -2.47. The summed E-state index contributed by atoms with van der Waals surface area (Å²) in [6, 6.07) is 11.1. The van der Waals surface area contributed by atoms with Crippen molar-refractivity contribution < 1.29 is 9.59 Å². The summed E-state index contributed by atoms with van der Waals surface area (Å²) in [7, 11) is 0. The van der Waals surface area contributed by atoms with Crippen molar-refractivity contribution in [1.29, 1.82) is 0 Å². The Kier molecular flexibility index (Phi) is 5.78. The normalized spacial score (nSPS) is 18.5. The van der Waals surface area contributed by atoms with E-state index in [0.717, 1.165) is 34.8 Å². The van der Waals surface area contributed by atoms with E-state index < -0.39 is 0 Å². The fourth-order valence-corrected chi connectivity index (χ4v) is 4.15. The molecule has 0 radical (unpaired) electrons. The number of piperidine rings is 1. The second kappa shape index (κ2) is 8.47. The predicted molar refractivity (Wildman–Crippen MR) is 117 cm³/mol. The number of anilines is 1. The van der Waals surface area contributed by atoms with Crippen molar-refractivity contribution in [2.75, 3.05) is 18.4 Å². The molecule has 0 saturated carbocycles. The van der Waals surface area contributed by atoms with Gasteiger partial charge in [0, 0.05) is 39.9 Å². The number of nitrogens with zero attached hydrogens (tertiary/aromatic N) is 2. The largest absolute Gasteiger partial charge is 0.360 e. The molecule has 1 saturated heterocycles. The number of rotatable bonds is 5. The first-order chi connectivity index (χ1) is 14.0. The molecule has 3 heterocycles. The van der Waals surface area contributed by atoms with Crippen LogP contribution in [0.3, 0.4) is 0 Å². The lowest BCUT2D eigenvalue weighted by molar-refractivity contribution is -0.121. The molecular weight excluding hydrogens is 432 g/mol. The van der Waals surface area contributed by atoms with Gasteiger partial charge in [-0.3, -0.25) is 14.5 Å². The van der Waals surface area contributed by atoms with Crippen LogP contribution >= 0.6 is 15.9 Å². The van der Waals surface area contributed by atoms with Crippen LogP contribution < -0.4 is 5.32 Å². The molecule has 6 nitrogen and oxygen atoms in total. The van der Waals surface area contributed by atoms with Crippen LogP contribution in [0.25, 0.3) is 10.9 Å². The van der Waals surface area contributed by atoms with E-state index in [-0.39, 0.29) is 23.7 Å². The van der Waals surface area contributed by atoms with Gasteiger partial charge in [-0.2, -0.15) is 0 Å². The lowest BCUT2D eigenvalue weighted by Gasteiger charge is -2.35. The number of aromatic amines is 1. The Morgan fingerprint density at radius 2 is 2.10 bits per heavy atom. The minimum Gasteiger partial charge on any atom is -0.360 e. The number of hydrogen-bond donors (Lipinski definition) is 2. The lowest BCUT2D eigenvalue weighted by atomic mass is 9.94. The Morgan fingerprint density at radius 1 is 1.28 bits per heavy atom. The molecule has 2 N–H and O–H groups in total. The Bertz CT molecular complexity index is 1030. The summed E-state index contributed by atoms with van der Waals surface area (Å²) in [5.74, 6) is 0.417. The number of Topliss-reactive ketones (excluding diaryl/α,β-unsaturated/α-hetero) is 1. The van der Waals surface area contributed by atoms with Gasteiger partial charge in [0.1, 0.15) is 5.82 Å². The van der Waals surface area contributed by atoms with E-state index in [2.05, 4.69) is 36.1 Å². The van der Waals surface area contributed by atoms with Gasteiger partial charge in [0.15, 0.2) is 5.78 Å². The Morgan fingerprint density at radius 3 is 2.90 bits per heavy atom. The number of fused-ring (bicyclic) bond motifs is 1. The number of aromatic nitrogens is 2. The smallest absolute Gasteiger partial charge is 0.229 e. The minimum absolute atomic E-state index is 0.0451. The number of carbonyl (C=O) groups excluding carboxylic acids is 2. The quantitative estimate of drug-likeness (QED) is 0.564. The van der Waals surface area contributed by atoms with Gasteiger partial charge in [0.25, 0.3) is 0 Å². The van der Waals surface area contributed by atoms with E-state index in [1.807, 2.05) is 37.3 Å². The van der Waals surface area contributed by atoms with Crippen LogP contribution in [0.15, 0.2) is 53.3 Å². The van der Waals surface area contributed by atoms with Crippen LogP contribution in [0, 0.1) is 5.92 Å². The standard InChI is InChI=1S/C22H23BrN4O2/c1-14(21(28)18-12-24-19-7-3-2-6-17(18)19)27-10-4-5-15(13-27)22(29)26-20-9-8-16(23)11-25-20/h2-3,6-9,11-12,14-15,24H,4-5,10,13H2,1H3,(H,25,26,29). The summed E-state index contributed by atoms with van der Waals surface area (Å²) in [6.07, 6.45) is 5.14. The molecule has 1 amide bonds. The summed E-state index contributed by atoms with van der Waals surface area (Å²) in [4.78, 5) is 35.4. The molecule has 2 unspecified atom stereocenters. The van der Waals surface area contributed by atoms with Gasteiger partial charge in [-0.15, -0.1) is 0 Å². The number of ketones is 1. The Labute approximate surface area is 177 Å². The zero-order valence-electron chi connectivity index (χ0n) is 16.2. The van der Waals surface area contributed by atoms with E-state index in [1.165, 1.54) is 0 Å². The second-order valence-electron chi connectivity index (χ2n) is 7.47. The van der Waals surface area contributed by atoms with Crippen molar-refractivity contribution in [2.24, 2.45) is 5.92 Å². The molecule has 1 fully saturated rings. The molecule has 7 heteroatoms. The molecule has 0 spiro atoms. The van der Waals surface area contributed by atoms with Crippen LogP contribution in [-0.4, -0.2) is 45.7 Å². The highest BCUT2D eigenvalue weighted by Gasteiger charge is 2.32. The highest BCUT2D eigenvalue weighted by molar-refractivity contribution is 9.10. The van der Waals surface area contributed by atoms with Crippen LogP contribution in [0.5, 0.6) is 0 Å². The third-order valence-corrected chi connectivity index (χ3v) is 6.05. The highest BCUT2D eigenvalue weighted by atomic mass is 79.9. The van der Waals surface area contributed by atoms with E-state index in [0.29, 0.717) is 17.9 Å². The second-order valence-corrected chi connectivity index (χ2v) is 8.39. The third kappa shape index (κ3) is 4.26. The molecule has 0 bridgehead atoms. The SMILES string of the molecule is CC(C(=O)c1c[nH]c2ccccc12)N1CCCC(C(=O)Nc2ccc(Br)cn2)C1. The van der Waals surface area contributed by atoms with Crippen LogP contribution in [-0.2, 0) is 4.79 Å². The van der Waals surface area contributed by atoms with Gasteiger partial charge in [0.05, 0.1) is 12.0 Å². The van der Waals surface area contributed by atoms with E-state index in [4.69, 9.17) is 0 Å². The highest BCUT2D eigenvalue weighted by Crippen LogP contribution is 2.24. The van der Waals surface area contributed by atoms with Gasteiger partial charge in [0.2, 0.25) is 5.91 Å². The van der Waals surface area contributed by atoms with Gasteiger partial charge in [-0.25, -0.2) is 4.98 Å². The Balaban J connectivity index is 1.44. The maximum absolute atomic E-state index is 13.1. The maximum Gasteiger partial charge on any atom is 0.229 e. The first-order valence-electron chi connectivity index (χ1n) is 9.79. The number of halogens is 1. The molecule has 1 aliphatic rings. The molecule has 1 aliphatic heterocycles. The maximum atomic E-state index is 13.1. The topological polar surface area (TPSA) is 78.1 Å². The average molecular weight is 455 g/mol. The molecule has 4 rings (SSSR count). The molecule has 150 valence electrons. The van der Waals surface area contributed by atoms with Gasteiger partial charge >= 0.3 is 0 Å². The molecule has 3 aromatic rings. The summed E-state index contributed by atoms with van der Waals surface area (Å²) >= 11 is 3.34. The van der Waals surface area contributed by atoms with Crippen molar-refractivity contribution in [3.05, 3.63) is 58.8 Å². The van der Waals surface area contributed by atoms with Crippen molar-refractivity contribution in [2.45, 2.75) is 25.8 Å². The number of benzene rings is 1. The van der Waals surface area contributed by atoms with Crippen molar-refractivity contribution in [1.82, 2.24) is 14.9 Å². The predicted octanol–water partition coefficient (Wildman–Crippen LogP) is 4.25. The molecule has 2 aromatic heterocycles. The van der Waals surface area contributed by atoms with Gasteiger partial charge < -0.3 is 10.3 Å².